The van der Waals surface area contributed by atoms with E-state index in [2.05, 4.69) is 53.7 Å². The summed E-state index contributed by atoms with van der Waals surface area (Å²) in [7, 11) is 1.80. The van der Waals surface area contributed by atoms with Crippen LogP contribution in [0, 0.1) is 5.92 Å². The molecule has 1 aromatic rings. The van der Waals surface area contributed by atoms with Gasteiger partial charge in [0.1, 0.15) is 0 Å². The number of aliphatic imine (C=N–C) groups is 1. The highest BCUT2D eigenvalue weighted by Gasteiger charge is 2.06. The molecule has 0 fully saturated rings. The SMILES string of the molecule is CN=C(NCCc1csc(C(C)C)n1)NCC(C)C. The van der Waals surface area contributed by atoms with E-state index in [1.807, 2.05) is 0 Å². The molecular weight excluding hydrogens is 256 g/mol. The molecule has 19 heavy (non-hydrogen) atoms. The van der Waals surface area contributed by atoms with Crippen molar-refractivity contribution in [1.82, 2.24) is 15.6 Å². The van der Waals surface area contributed by atoms with Gasteiger partial charge in [-0.1, -0.05) is 27.7 Å². The number of nitrogens with zero attached hydrogens (tertiary/aromatic N) is 2. The molecule has 0 aliphatic rings. The highest BCUT2D eigenvalue weighted by Crippen LogP contribution is 2.19. The molecule has 0 aliphatic heterocycles. The van der Waals surface area contributed by atoms with Crippen molar-refractivity contribution < 1.29 is 0 Å². The minimum Gasteiger partial charge on any atom is -0.356 e. The van der Waals surface area contributed by atoms with Crippen LogP contribution in [0.15, 0.2) is 10.4 Å². The van der Waals surface area contributed by atoms with Crippen LogP contribution in [0.4, 0.5) is 0 Å². The summed E-state index contributed by atoms with van der Waals surface area (Å²) in [5, 5.41) is 9.99. The van der Waals surface area contributed by atoms with Crippen molar-refractivity contribution in [3.8, 4) is 0 Å². The average molecular weight is 282 g/mol. The molecule has 0 amide bonds. The molecule has 5 heteroatoms. The number of aromatic nitrogens is 1. The van der Waals surface area contributed by atoms with Crippen molar-refractivity contribution in [3.63, 3.8) is 0 Å². The lowest BCUT2D eigenvalue weighted by Gasteiger charge is -2.12. The smallest absolute Gasteiger partial charge is 0.190 e. The third-order valence-electron chi connectivity index (χ3n) is 2.64. The fourth-order valence-corrected chi connectivity index (χ4v) is 2.40. The zero-order chi connectivity index (χ0) is 14.3. The highest BCUT2D eigenvalue weighted by atomic mass is 32.1. The molecule has 1 rings (SSSR count). The van der Waals surface area contributed by atoms with Gasteiger partial charge in [0.05, 0.1) is 10.7 Å². The topological polar surface area (TPSA) is 49.3 Å². The fourth-order valence-electron chi connectivity index (χ4n) is 1.53. The molecule has 1 aromatic heterocycles. The summed E-state index contributed by atoms with van der Waals surface area (Å²) in [4.78, 5) is 8.83. The van der Waals surface area contributed by atoms with Crippen LogP contribution >= 0.6 is 11.3 Å². The van der Waals surface area contributed by atoms with Crippen LogP contribution in [0.2, 0.25) is 0 Å². The fraction of sp³-hybridized carbons (Fsp3) is 0.714. The molecule has 2 N–H and O–H groups in total. The summed E-state index contributed by atoms with van der Waals surface area (Å²) in [5.41, 5.74) is 1.17. The van der Waals surface area contributed by atoms with E-state index in [0.717, 1.165) is 25.5 Å². The standard InChI is InChI=1S/C14H26N4S/c1-10(2)8-17-14(15-5)16-7-6-12-9-19-13(18-12)11(3)4/h9-11H,6-8H2,1-5H3,(H2,15,16,17). The van der Waals surface area contributed by atoms with Gasteiger partial charge in [-0.15, -0.1) is 11.3 Å². The Morgan fingerprint density at radius 3 is 2.58 bits per heavy atom. The highest BCUT2D eigenvalue weighted by molar-refractivity contribution is 7.09. The lowest BCUT2D eigenvalue weighted by Crippen LogP contribution is -2.39. The summed E-state index contributed by atoms with van der Waals surface area (Å²) in [6.45, 7) is 10.5. The van der Waals surface area contributed by atoms with Crippen LogP contribution in [0.25, 0.3) is 0 Å². The Bertz CT molecular complexity index is 396. The van der Waals surface area contributed by atoms with Crippen molar-refractivity contribution >= 4 is 17.3 Å². The Balaban J connectivity index is 2.31. The molecule has 0 saturated carbocycles. The Hall–Kier alpha value is -1.10. The first kappa shape index (κ1) is 16.0. The van der Waals surface area contributed by atoms with Crippen LogP contribution in [-0.2, 0) is 6.42 Å². The molecule has 0 aromatic carbocycles. The molecule has 0 atom stereocenters. The van der Waals surface area contributed by atoms with Gasteiger partial charge < -0.3 is 10.6 Å². The quantitative estimate of drug-likeness (QED) is 0.623. The maximum Gasteiger partial charge on any atom is 0.190 e. The molecule has 0 aliphatic carbocycles. The zero-order valence-corrected chi connectivity index (χ0v) is 13.5. The third-order valence-corrected chi connectivity index (χ3v) is 3.83. The van der Waals surface area contributed by atoms with E-state index in [1.54, 1.807) is 18.4 Å². The summed E-state index contributed by atoms with van der Waals surface area (Å²) in [5.74, 6) is 2.01. The van der Waals surface area contributed by atoms with Crippen molar-refractivity contribution in [1.29, 1.82) is 0 Å². The normalized spacial score (nSPS) is 12.3. The van der Waals surface area contributed by atoms with Crippen LogP contribution in [0.5, 0.6) is 0 Å². The molecule has 4 nitrogen and oxygen atoms in total. The zero-order valence-electron chi connectivity index (χ0n) is 12.7. The van der Waals surface area contributed by atoms with Gasteiger partial charge in [-0.3, -0.25) is 4.99 Å². The van der Waals surface area contributed by atoms with Crippen LogP contribution in [0.3, 0.4) is 0 Å². The predicted molar refractivity (Wildman–Crippen MR) is 84.1 cm³/mol. The summed E-state index contributed by atoms with van der Waals surface area (Å²) >= 11 is 1.75. The molecule has 108 valence electrons. The largest absolute Gasteiger partial charge is 0.356 e. The molecule has 0 saturated heterocycles. The average Bonchev–Trinajstić information content (AvgIpc) is 2.82. The van der Waals surface area contributed by atoms with Gasteiger partial charge in [0.15, 0.2) is 5.96 Å². The first-order valence-electron chi connectivity index (χ1n) is 6.91. The number of guanidine groups is 1. The van der Waals surface area contributed by atoms with E-state index in [0.29, 0.717) is 11.8 Å². The van der Waals surface area contributed by atoms with Gasteiger partial charge in [-0.25, -0.2) is 4.98 Å². The lowest BCUT2D eigenvalue weighted by molar-refractivity contribution is 0.614. The molecule has 0 spiro atoms. The molecule has 0 unspecified atom stereocenters. The number of rotatable bonds is 6. The minimum atomic E-state index is 0.521. The Labute approximate surface area is 120 Å². The number of thiazole rings is 1. The molecule has 1 heterocycles. The van der Waals surface area contributed by atoms with Gasteiger partial charge in [0, 0.05) is 37.9 Å². The first-order chi connectivity index (χ1) is 9.02. The maximum atomic E-state index is 4.62. The second-order valence-corrected chi connectivity index (χ2v) is 6.25. The van der Waals surface area contributed by atoms with Crippen molar-refractivity contribution in [2.45, 2.75) is 40.0 Å². The number of nitrogens with one attached hydrogen (secondary N) is 2. The molecule has 0 radical (unpaired) electrons. The van der Waals surface area contributed by atoms with Crippen molar-refractivity contribution in [2.75, 3.05) is 20.1 Å². The van der Waals surface area contributed by atoms with Gasteiger partial charge in [0.2, 0.25) is 0 Å². The summed E-state index contributed by atoms with van der Waals surface area (Å²) < 4.78 is 0. The monoisotopic (exact) mass is 282 g/mol. The number of hydrogen-bond acceptors (Lipinski definition) is 3. The van der Waals surface area contributed by atoms with E-state index in [1.165, 1.54) is 10.7 Å². The second-order valence-electron chi connectivity index (χ2n) is 5.36. The van der Waals surface area contributed by atoms with E-state index >= 15 is 0 Å². The predicted octanol–water partition coefficient (Wildman–Crippen LogP) is 2.63. The van der Waals surface area contributed by atoms with Crippen LogP contribution in [-0.4, -0.2) is 31.1 Å². The number of hydrogen-bond donors (Lipinski definition) is 2. The van der Waals surface area contributed by atoms with E-state index in [4.69, 9.17) is 0 Å². The Kier molecular flexibility index (Phi) is 6.84. The third kappa shape index (κ3) is 6.05. The second kappa shape index (κ2) is 8.15. The van der Waals surface area contributed by atoms with E-state index < -0.39 is 0 Å². The van der Waals surface area contributed by atoms with Gasteiger partial charge in [-0.05, 0) is 5.92 Å². The molecule has 0 bridgehead atoms. The Morgan fingerprint density at radius 1 is 1.32 bits per heavy atom. The van der Waals surface area contributed by atoms with Crippen LogP contribution in [0.1, 0.15) is 44.3 Å². The van der Waals surface area contributed by atoms with E-state index in [-0.39, 0.29) is 0 Å². The first-order valence-corrected chi connectivity index (χ1v) is 7.79. The summed E-state index contributed by atoms with van der Waals surface area (Å²) in [6.07, 6.45) is 0.936. The summed E-state index contributed by atoms with van der Waals surface area (Å²) in [6, 6.07) is 0. The van der Waals surface area contributed by atoms with Crippen LogP contribution < -0.4 is 10.6 Å². The van der Waals surface area contributed by atoms with Crippen molar-refractivity contribution in [3.05, 3.63) is 16.1 Å². The van der Waals surface area contributed by atoms with Crippen molar-refractivity contribution in [2.24, 2.45) is 10.9 Å². The van der Waals surface area contributed by atoms with Gasteiger partial charge >= 0.3 is 0 Å². The maximum absolute atomic E-state index is 4.62. The van der Waals surface area contributed by atoms with E-state index in [9.17, 15) is 0 Å². The molecular formula is C14H26N4S. The minimum absolute atomic E-state index is 0.521. The Morgan fingerprint density at radius 2 is 2.05 bits per heavy atom. The van der Waals surface area contributed by atoms with Gasteiger partial charge in [-0.2, -0.15) is 0 Å². The lowest BCUT2D eigenvalue weighted by atomic mass is 10.2. The van der Waals surface area contributed by atoms with Gasteiger partial charge in [0.25, 0.3) is 0 Å².